The summed E-state index contributed by atoms with van der Waals surface area (Å²) in [6.45, 7) is 4.11. The molecule has 23 heavy (non-hydrogen) atoms. The Balaban J connectivity index is 1.82. The molecule has 1 N–H and O–H groups in total. The maximum absolute atomic E-state index is 12.6. The number of aromatic nitrogens is 1. The standard InChI is InChI=1S/C18H21N2O3/c1-3-8-23-18(21)17-16-15(11-6-7-20(17)10-11)13-9-12(22-2)4-5-14(13)19-16/h3-5,9,11,17,19H,6-8,10H2,1-2H3/q-1. The van der Waals surface area contributed by atoms with E-state index in [1.807, 2.05) is 25.5 Å². The molecule has 0 radical (unpaired) electrons. The Morgan fingerprint density at radius 3 is 3.13 bits per heavy atom. The van der Waals surface area contributed by atoms with Gasteiger partial charge in [-0.05, 0) is 43.3 Å². The third kappa shape index (κ3) is 2.22. The van der Waals surface area contributed by atoms with Crippen molar-refractivity contribution >= 4 is 16.9 Å². The monoisotopic (exact) mass is 313 g/mol. The Morgan fingerprint density at radius 1 is 1.48 bits per heavy atom. The molecule has 2 aromatic rings. The van der Waals surface area contributed by atoms with Crippen LogP contribution in [0.25, 0.3) is 10.9 Å². The highest BCUT2D eigenvalue weighted by Gasteiger charge is 2.44. The lowest BCUT2D eigenvalue weighted by Crippen LogP contribution is -2.37. The van der Waals surface area contributed by atoms with Crippen molar-refractivity contribution in [3.63, 3.8) is 0 Å². The normalized spacial score (nSPS) is 25.4. The molecule has 1 aromatic carbocycles. The molecule has 1 fully saturated rings. The van der Waals surface area contributed by atoms with Crippen LogP contribution in [0.2, 0.25) is 0 Å². The summed E-state index contributed by atoms with van der Waals surface area (Å²) in [6, 6.07) is 5.72. The van der Waals surface area contributed by atoms with Crippen LogP contribution in [0, 0.1) is 6.42 Å². The van der Waals surface area contributed by atoms with Gasteiger partial charge in [-0.2, -0.15) is 6.92 Å². The first-order chi connectivity index (χ1) is 11.2. The van der Waals surface area contributed by atoms with Gasteiger partial charge in [0, 0.05) is 29.1 Å². The number of fused-ring (bicyclic) bond motifs is 6. The zero-order valence-electron chi connectivity index (χ0n) is 13.5. The fraction of sp³-hybridized carbons (Fsp3) is 0.444. The second-order valence-corrected chi connectivity index (χ2v) is 6.29. The number of hydrogen-bond donors (Lipinski definition) is 1. The molecular weight excluding hydrogens is 292 g/mol. The van der Waals surface area contributed by atoms with Crippen LogP contribution in [0.4, 0.5) is 0 Å². The van der Waals surface area contributed by atoms with E-state index in [0.29, 0.717) is 12.5 Å². The van der Waals surface area contributed by atoms with Crippen molar-refractivity contribution in [1.82, 2.24) is 9.88 Å². The number of rotatable bonds is 4. The summed E-state index contributed by atoms with van der Waals surface area (Å²) in [5, 5.41) is 1.17. The Morgan fingerprint density at radius 2 is 2.35 bits per heavy atom. The summed E-state index contributed by atoms with van der Waals surface area (Å²) in [4.78, 5) is 18.3. The summed E-state index contributed by atoms with van der Waals surface area (Å²) in [5.74, 6) is 1.16. The SMILES string of the molecule is C[CH-]COC(=O)C1c2[nH]c3ccc(OC)cc3c2C2CCN1C2. The van der Waals surface area contributed by atoms with E-state index < -0.39 is 0 Å². The Bertz CT molecular complexity index is 752. The number of ether oxygens (including phenoxy) is 2. The average molecular weight is 313 g/mol. The lowest BCUT2D eigenvalue weighted by atomic mass is 9.90. The Hall–Kier alpha value is -2.01. The van der Waals surface area contributed by atoms with Crippen molar-refractivity contribution in [2.45, 2.75) is 25.3 Å². The maximum Gasteiger partial charge on any atom is 0.326 e. The average Bonchev–Trinajstić information content (AvgIpc) is 3.14. The van der Waals surface area contributed by atoms with Crippen molar-refractivity contribution in [1.29, 1.82) is 0 Å². The molecule has 3 heterocycles. The molecule has 0 spiro atoms. The number of nitrogens with zero attached hydrogens (tertiary/aromatic N) is 1. The van der Waals surface area contributed by atoms with Gasteiger partial charge in [0.1, 0.15) is 11.8 Å². The van der Waals surface area contributed by atoms with Gasteiger partial charge < -0.3 is 14.5 Å². The molecule has 2 bridgehead atoms. The smallest absolute Gasteiger partial charge is 0.326 e. The van der Waals surface area contributed by atoms with Crippen LogP contribution in [-0.4, -0.2) is 42.7 Å². The summed E-state index contributed by atoms with van der Waals surface area (Å²) >= 11 is 0. The number of hydrogen-bond acceptors (Lipinski definition) is 4. The first-order valence-electron chi connectivity index (χ1n) is 8.11. The van der Waals surface area contributed by atoms with Gasteiger partial charge in [-0.25, -0.2) is 0 Å². The number of methoxy groups -OCH3 is 1. The van der Waals surface area contributed by atoms with Crippen LogP contribution in [0.15, 0.2) is 18.2 Å². The molecular formula is C18H21N2O3-. The van der Waals surface area contributed by atoms with E-state index in [1.165, 1.54) is 10.9 Å². The summed E-state index contributed by atoms with van der Waals surface area (Å²) < 4.78 is 10.8. The predicted molar refractivity (Wildman–Crippen MR) is 87.5 cm³/mol. The van der Waals surface area contributed by atoms with Crippen LogP contribution in [0.1, 0.15) is 36.6 Å². The molecule has 3 unspecified atom stereocenters. The molecule has 2 aliphatic rings. The number of benzene rings is 1. The van der Waals surface area contributed by atoms with E-state index in [0.717, 1.165) is 36.5 Å². The van der Waals surface area contributed by atoms with Crippen molar-refractivity contribution in [3.8, 4) is 5.75 Å². The van der Waals surface area contributed by atoms with E-state index in [9.17, 15) is 4.79 Å². The molecule has 2 aliphatic heterocycles. The quantitative estimate of drug-likeness (QED) is 0.696. The highest BCUT2D eigenvalue weighted by molar-refractivity contribution is 5.90. The molecule has 0 saturated carbocycles. The van der Waals surface area contributed by atoms with Gasteiger partial charge in [-0.15, -0.1) is 0 Å². The highest BCUT2D eigenvalue weighted by Crippen LogP contribution is 2.46. The van der Waals surface area contributed by atoms with Gasteiger partial charge in [0.25, 0.3) is 0 Å². The van der Waals surface area contributed by atoms with E-state index in [-0.39, 0.29) is 12.0 Å². The minimum atomic E-state index is -0.318. The van der Waals surface area contributed by atoms with Gasteiger partial charge in [0.05, 0.1) is 7.11 Å². The van der Waals surface area contributed by atoms with Crippen molar-refractivity contribution < 1.29 is 14.3 Å². The molecule has 1 aromatic heterocycles. The zero-order chi connectivity index (χ0) is 16.0. The van der Waals surface area contributed by atoms with E-state index in [2.05, 4.69) is 16.0 Å². The molecule has 0 aliphatic carbocycles. The number of carbonyl (C=O) groups is 1. The lowest BCUT2D eigenvalue weighted by Gasteiger charge is -2.31. The molecule has 3 atom stereocenters. The minimum absolute atomic E-state index is 0.164. The number of esters is 1. The molecule has 4 rings (SSSR count). The van der Waals surface area contributed by atoms with Crippen LogP contribution >= 0.6 is 0 Å². The maximum atomic E-state index is 12.6. The van der Waals surface area contributed by atoms with Crippen molar-refractivity contribution in [3.05, 3.63) is 35.9 Å². The van der Waals surface area contributed by atoms with Crippen LogP contribution in [0.3, 0.4) is 0 Å². The zero-order valence-corrected chi connectivity index (χ0v) is 13.5. The minimum Gasteiger partial charge on any atom is -0.497 e. The fourth-order valence-electron chi connectivity index (χ4n) is 3.95. The van der Waals surface area contributed by atoms with Crippen LogP contribution < -0.4 is 4.74 Å². The second kappa shape index (κ2) is 5.57. The molecule has 5 nitrogen and oxygen atoms in total. The Kier molecular flexibility index (Phi) is 3.53. The summed E-state index contributed by atoms with van der Waals surface area (Å²) in [5.41, 5.74) is 3.34. The van der Waals surface area contributed by atoms with Crippen LogP contribution in [0.5, 0.6) is 5.75 Å². The molecule has 122 valence electrons. The predicted octanol–water partition coefficient (Wildman–Crippen LogP) is 2.79. The molecule has 0 amide bonds. The summed E-state index contributed by atoms with van der Waals surface area (Å²) in [6.07, 6.45) is 2.94. The van der Waals surface area contributed by atoms with Gasteiger partial charge in [-0.3, -0.25) is 16.1 Å². The van der Waals surface area contributed by atoms with Gasteiger partial charge in [-0.1, -0.05) is 0 Å². The number of aromatic amines is 1. The number of nitrogens with one attached hydrogen (secondary N) is 1. The third-order valence-electron chi connectivity index (χ3n) is 4.96. The van der Waals surface area contributed by atoms with Gasteiger partial charge >= 0.3 is 5.97 Å². The Labute approximate surface area is 135 Å². The number of H-pyrrole nitrogens is 1. The van der Waals surface area contributed by atoms with E-state index in [1.54, 1.807) is 7.11 Å². The highest BCUT2D eigenvalue weighted by atomic mass is 16.5. The van der Waals surface area contributed by atoms with Crippen molar-refractivity contribution in [2.75, 3.05) is 26.8 Å². The fourth-order valence-corrected chi connectivity index (χ4v) is 3.95. The number of carbonyl (C=O) groups excluding carboxylic acids is 1. The summed E-state index contributed by atoms with van der Waals surface area (Å²) in [7, 11) is 1.68. The first-order valence-corrected chi connectivity index (χ1v) is 8.11. The van der Waals surface area contributed by atoms with Crippen molar-refractivity contribution in [2.24, 2.45) is 0 Å². The molecule has 1 saturated heterocycles. The molecule has 5 heteroatoms. The second-order valence-electron chi connectivity index (χ2n) is 6.29. The third-order valence-corrected chi connectivity index (χ3v) is 4.96. The topological polar surface area (TPSA) is 54.6 Å². The first kappa shape index (κ1) is 14.6. The van der Waals surface area contributed by atoms with E-state index in [4.69, 9.17) is 9.47 Å². The van der Waals surface area contributed by atoms with Crippen LogP contribution in [-0.2, 0) is 9.53 Å². The lowest BCUT2D eigenvalue weighted by molar-refractivity contribution is -0.149. The van der Waals surface area contributed by atoms with Gasteiger partial charge in [0.15, 0.2) is 0 Å². The van der Waals surface area contributed by atoms with Gasteiger partial charge in [0.2, 0.25) is 0 Å². The largest absolute Gasteiger partial charge is 0.497 e. The van der Waals surface area contributed by atoms with E-state index >= 15 is 0 Å².